The Morgan fingerprint density at radius 2 is 1.83 bits per heavy atom. The van der Waals surface area contributed by atoms with Crippen LogP contribution in [-0.2, 0) is 16.0 Å². The molecule has 0 saturated heterocycles. The molecular formula is C13H20ClNO3. The number of aromatic hydroxyl groups is 1. The first-order valence-corrected chi connectivity index (χ1v) is 5.54. The van der Waals surface area contributed by atoms with Crippen molar-refractivity contribution in [2.75, 3.05) is 0 Å². The molecule has 0 heterocycles. The summed E-state index contributed by atoms with van der Waals surface area (Å²) < 4.78 is 5.18. The molecule has 1 unspecified atom stereocenters. The van der Waals surface area contributed by atoms with Gasteiger partial charge in [0.25, 0.3) is 0 Å². The third-order valence-corrected chi connectivity index (χ3v) is 2.10. The summed E-state index contributed by atoms with van der Waals surface area (Å²) in [6, 6.07) is 5.92. The van der Waals surface area contributed by atoms with Crippen molar-refractivity contribution in [1.82, 2.24) is 0 Å². The molecule has 3 N–H and O–H groups in total. The average Bonchev–Trinajstić information content (AvgIpc) is 2.19. The van der Waals surface area contributed by atoms with Gasteiger partial charge in [0.15, 0.2) is 0 Å². The summed E-state index contributed by atoms with van der Waals surface area (Å²) in [5, 5.41) is 9.13. The number of carbonyl (C=O) groups is 1. The van der Waals surface area contributed by atoms with Crippen LogP contribution in [0.25, 0.3) is 0 Å². The van der Waals surface area contributed by atoms with E-state index < -0.39 is 17.6 Å². The molecule has 0 saturated carbocycles. The van der Waals surface area contributed by atoms with Crippen molar-refractivity contribution >= 4 is 18.4 Å². The molecule has 1 aromatic carbocycles. The van der Waals surface area contributed by atoms with Gasteiger partial charge in [0.1, 0.15) is 17.4 Å². The van der Waals surface area contributed by atoms with Gasteiger partial charge >= 0.3 is 5.97 Å². The van der Waals surface area contributed by atoms with Crippen LogP contribution in [0.15, 0.2) is 24.3 Å². The summed E-state index contributed by atoms with van der Waals surface area (Å²) in [6.07, 6.45) is 0.398. The number of halogens is 1. The monoisotopic (exact) mass is 273 g/mol. The summed E-state index contributed by atoms with van der Waals surface area (Å²) in [7, 11) is 0. The smallest absolute Gasteiger partial charge is 0.323 e. The summed E-state index contributed by atoms with van der Waals surface area (Å²) in [5.41, 5.74) is 6.12. The lowest BCUT2D eigenvalue weighted by Gasteiger charge is -2.22. The molecule has 18 heavy (non-hydrogen) atoms. The molecule has 0 radical (unpaired) electrons. The van der Waals surface area contributed by atoms with Gasteiger partial charge in [0.05, 0.1) is 0 Å². The molecular weight excluding hydrogens is 254 g/mol. The Balaban J connectivity index is 0.00000289. The minimum Gasteiger partial charge on any atom is -0.508 e. The molecule has 1 aromatic rings. The third-order valence-electron chi connectivity index (χ3n) is 2.10. The van der Waals surface area contributed by atoms with Crippen LogP contribution in [-0.4, -0.2) is 22.7 Å². The minimum atomic E-state index is -0.682. The molecule has 0 amide bonds. The number of carbonyl (C=O) groups excluding carboxylic acids is 1. The number of nitrogens with two attached hydrogens (primary N) is 1. The predicted octanol–water partition coefficient (Wildman–Crippen LogP) is 2.03. The van der Waals surface area contributed by atoms with Gasteiger partial charge in [-0.05, 0) is 44.9 Å². The minimum absolute atomic E-state index is 0. The molecule has 0 bridgehead atoms. The lowest BCUT2D eigenvalue weighted by atomic mass is 10.1. The van der Waals surface area contributed by atoms with E-state index in [0.29, 0.717) is 6.42 Å². The SMILES string of the molecule is CC(C)(C)OC(=O)C(N)Cc1ccc(O)cc1.Cl. The second-order valence-electron chi connectivity index (χ2n) is 5.01. The highest BCUT2D eigenvalue weighted by Gasteiger charge is 2.22. The molecule has 0 aromatic heterocycles. The van der Waals surface area contributed by atoms with Crippen molar-refractivity contribution in [1.29, 1.82) is 0 Å². The van der Waals surface area contributed by atoms with Crippen LogP contribution < -0.4 is 5.73 Å². The molecule has 1 rings (SSSR count). The topological polar surface area (TPSA) is 72.5 Å². The van der Waals surface area contributed by atoms with Gasteiger partial charge in [-0.2, -0.15) is 0 Å². The number of phenolic OH excluding ortho intramolecular Hbond substituents is 1. The Hall–Kier alpha value is -1.26. The van der Waals surface area contributed by atoms with E-state index in [1.54, 1.807) is 45.0 Å². The number of phenols is 1. The van der Waals surface area contributed by atoms with Crippen molar-refractivity contribution in [3.05, 3.63) is 29.8 Å². The summed E-state index contributed by atoms with van der Waals surface area (Å²) in [5.74, 6) is -0.217. The molecule has 1 atom stereocenters. The highest BCUT2D eigenvalue weighted by atomic mass is 35.5. The molecule has 0 spiro atoms. The maximum absolute atomic E-state index is 11.6. The molecule has 0 aliphatic rings. The summed E-state index contributed by atoms with van der Waals surface area (Å²) >= 11 is 0. The van der Waals surface area contributed by atoms with Crippen LogP contribution >= 0.6 is 12.4 Å². The Morgan fingerprint density at radius 3 is 2.28 bits per heavy atom. The van der Waals surface area contributed by atoms with Crippen LogP contribution in [0.5, 0.6) is 5.75 Å². The largest absolute Gasteiger partial charge is 0.508 e. The summed E-state index contributed by atoms with van der Waals surface area (Å²) in [6.45, 7) is 5.41. The zero-order valence-electron chi connectivity index (χ0n) is 10.8. The predicted molar refractivity (Wildman–Crippen MR) is 72.9 cm³/mol. The highest BCUT2D eigenvalue weighted by molar-refractivity contribution is 5.85. The van der Waals surface area contributed by atoms with E-state index in [9.17, 15) is 4.79 Å². The molecule has 0 fully saturated rings. The van der Waals surface area contributed by atoms with Gasteiger partial charge in [0, 0.05) is 0 Å². The standard InChI is InChI=1S/C13H19NO3.ClH/c1-13(2,3)17-12(16)11(14)8-9-4-6-10(15)7-5-9;/h4-7,11,15H,8,14H2,1-3H3;1H. The zero-order valence-corrected chi connectivity index (χ0v) is 11.7. The van der Waals surface area contributed by atoms with E-state index in [0.717, 1.165) is 5.56 Å². The van der Waals surface area contributed by atoms with Gasteiger partial charge < -0.3 is 15.6 Å². The van der Waals surface area contributed by atoms with E-state index in [1.807, 2.05) is 0 Å². The first-order chi connectivity index (χ1) is 7.78. The molecule has 0 aliphatic heterocycles. The second kappa shape index (κ2) is 6.61. The molecule has 4 nitrogen and oxygen atoms in total. The fourth-order valence-corrected chi connectivity index (χ4v) is 1.35. The first kappa shape index (κ1) is 16.7. The van der Waals surface area contributed by atoms with Crippen LogP contribution in [0.1, 0.15) is 26.3 Å². The van der Waals surface area contributed by atoms with E-state index in [-0.39, 0.29) is 18.2 Å². The Morgan fingerprint density at radius 1 is 1.33 bits per heavy atom. The van der Waals surface area contributed by atoms with E-state index in [2.05, 4.69) is 0 Å². The highest BCUT2D eigenvalue weighted by Crippen LogP contribution is 2.13. The van der Waals surface area contributed by atoms with Crippen LogP contribution in [0.3, 0.4) is 0 Å². The number of hydrogen-bond acceptors (Lipinski definition) is 4. The van der Waals surface area contributed by atoms with Crippen molar-refractivity contribution in [2.45, 2.75) is 38.8 Å². The van der Waals surface area contributed by atoms with Crippen LogP contribution in [0.4, 0.5) is 0 Å². The zero-order chi connectivity index (χ0) is 13.1. The van der Waals surface area contributed by atoms with E-state index in [1.165, 1.54) is 0 Å². The third kappa shape index (κ3) is 5.89. The number of esters is 1. The Kier molecular flexibility index (Phi) is 6.15. The maximum atomic E-state index is 11.6. The van der Waals surface area contributed by atoms with Crippen molar-refractivity contribution in [2.24, 2.45) is 5.73 Å². The molecule has 102 valence electrons. The van der Waals surface area contributed by atoms with Crippen molar-refractivity contribution in [3.8, 4) is 5.75 Å². The lowest BCUT2D eigenvalue weighted by molar-refractivity contribution is -0.156. The number of ether oxygens (including phenoxy) is 1. The number of hydrogen-bond donors (Lipinski definition) is 2. The fraction of sp³-hybridized carbons (Fsp3) is 0.462. The normalized spacial score (nSPS) is 12.4. The fourth-order valence-electron chi connectivity index (χ4n) is 1.35. The van der Waals surface area contributed by atoms with E-state index >= 15 is 0 Å². The van der Waals surface area contributed by atoms with Gasteiger partial charge in [-0.1, -0.05) is 12.1 Å². The second-order valence-corrected chi connectivity index (χ2v) is 5.01. The van der Waals surface area contributed by atoms with Gasteiger partial charge in [-0.25, -0.2) is 0 Å². The van der Waals surface area contributed by atoms with E-state index in [4.69, 9.17) is 15.6 Å². The maximum Gasteiger partial charge on any atom is 0.323 e. The Labute approximate surface area is 114 Å². The van der Waals surface area contributed by atoms with Crippen LogP contribution in [0.2, 0.25) is 0 Å². The first-order valence-electron chi connectivity index (χ1n) is 5.54. The number of benzene rings is 1. The average molecular weight is 274 g/mol. The van der Waals surface area contributed by atoms with Gasteiger partial charge in [-0.3, -0.25) is 4.79 Å². The molecule has 5 heteroatoms. The van der Waals surface area contributed by atoms with Gasteiger partial charge in [0.2, 0.25) is 0 Å². The number of rotatable bonds is 3. The van der Waals surface area contributed by atoms with Crippen LogP contribution in [0, 0.1) is 0 Å². The molecule has 0 aliphatic carbocycles. The Bertz CT molecular complexity index is 384. The van der Waals surface area contributed by atoms with Crippen molar-refractivity contribution < 1.29 is 14.6 Å². The lowest BCUT2D eigenvalue weighted by Crippen LogP contribution is -2.38. The van der Waals surface area contributed by atoms with Crippen molar-refractivity contribution in [3.63, 3.8) is 0 Å². The quantitative estimate of drug-likeness (QED) is 0.827. The summed E-state index contributed by atoms with van der Waals surface area (Å²) in [4.78, 5) is 11.6. The van der Waals surface area contributed by atoms with Gasteiger partial charge in [-0.15, -0.1) is 12.4 Å².